The number of nitrogens with two attached hydrogens (primary N) is 1. The van der Waals surface area contributed by atoms with E-state index >= 15 is 0 Å². The lowest BCUT2D eigenvalue weighted by Crippen LogP contribution is -2.31. The van der Waals surface area contributed by atoms with Gasteiger partial charge in [0.1, 0.15) is 16.5 Å². The Morgan fingerprint density at radius 1 is 1.28 bits per heavy atom. The van der Waals surface area contributed by atoms with Gasteiger partial charge in [-0.3, -0.25) is 14.2 Å². The maximum absolute atomic E-state index is 12.9. The van der Waals surface area contributed by atoms with Gasteiger partial charge in [-0.25, -0.2) is 0 Å². The lowest BCUT2D eigenvalue weighted by Gasteiger charge is -2.31. The normalized spacial score (nSPS) is 15.3. The van der Waals surface area contributed by atoms with Crippen molar-refractivity contribution in [2.75, 3.05) is 5.73 Å². The molecule has 6 heteroatoms. The van der Waals surface area contributed by atoms with E-state index in [1.807, 2.05) is 13.8 Å². The second-order valence-corrected chi connectivity index (χ2v) is 7.36. The van der Waals surface area contributed by atoms with Crippen LogP contribution in [-0.2, 0) is 6.42 Å². The van der Waals surface area contributed by atoms with Gasteiger partial charge >= 0.3 is 0 Å². The molecular formula is C19H17N3O2S. The summed E-state index contributed by atoms with van der Waals surface area (Å²) in [5.41, 5.74) is 7.24. The molecule has 1 aliphatic carbocycles. The lowest BCUT2D eigenvalue weighted by molar-refractivity contribution is 0.0910. The Hall–Kier alpha value is -2.78. The number of aromatic nitrogens is 1. The van der Waals surface area contributed by atoms with E-state index < -0.39 is 5.91 Å². The van der Waals surface area contributed by atoms with Crippen LogP contribution in [0.2, 0.25) is 0 Å². The third kappa shape index (κ3) is 2.77. The summed E-state index contributed by atoms with van der Waals surface area (Å²) in [5.74, 6) is -0.604. The molecule has 0 unspecified atom stereocenters. The summed E-state index contributed by atoms with van der Waals surface area (Å²) in [4.78, 5) is 25.5. The molecular weight excluding hydrogens is 334 g/mol. The Kier molecular flexibility index (Phi) is 4.05. The van der Waals surface area contributed by atoms with Crippen molar-refractivity contribution in [2.24, 2.45) is 5.41 Å². The number of nitriles is 1. The molecule has 126 valence electrons. The summed E-state index contributed by atoms with van der Waals surface area (Å²) < 4.78 is 1.19. The highest BCUT2D eigenvalue weighted by atomic mass is 32.1. The number of nitrogen functional groups attached to an aromatic ring is 1. The van der Waals surface area contributed by atoms with Crippen LogP contribution in [0.1, 0.15) is 52.1 Å². The van der Waals surface area contributed by atoms with Gasteiger partial charge in [-0.05, 0) is 29.5 Å². The van der Waals surface area contributed by atoms with Gasteiger partial charge in [0.25, 0.3) is 5.91 Å². The molecule has 1 aromatic heterocycles. The minimum absolute atomic E-state index is 0.00870. The van der Waals surface area contributed by atoms with Crippen molar-refractivity contribution in [1.29, 1.82) is 5.26 Å². The summed E-state index contributed by atoms with van der Waals surface area (Å²) in [6.45, 7) is 3.93. The van der Waals surface area contributed by atoms with Crippen LogP contribution in [0.15, 0.2) is 30.3 Å². The zero-order valence-corrected chi connectivity index (χ0v) is 14.8. The first-order valence-corrected chi connectivity index (χ1v) is 8.28. The van der Waals surface area contributed by atoms with Crippen LogP contribution in [0.5, 0.6) is 0 Å². The Balaban J connectivity index is 2.33. The first-order valence-electron chi connectivity index (χ1n) is 7.87. The number of ketones is 1. The Morgan fingerprint density at radius 3 is 2.52 bits per heavy atom. The van der Waals surface area contributed by atoms with E-state index in [1.165, 1.54) is 0 Å². The molecule has 1 heterocycles. The number of anilines is 1. The quantitative estimate of drug-likeness (QED) is 0.794. The van der Waals surface area contributed by atoms with Crippen LogP contribution in [-0.4, -0.2) is 16.3 Å². The van der Waals surface area contributed by atoms with Crippen LogP contribution in [0, 0.1) is 21.4 Å². The SMILES string of the molecule is CC1(C)CC(=O)c2c(c(C#N)c(N)n(C(=O)c3ccccc3)c2=S)C1. The summed E-state index contributed by atoms with van der Waals surface area (Å²) in [7, 11) is 0. The predicted octanol–water partition coefficient (Wildman–Crippen LogP) is 3.52. The molecule has 0 aliphatic heterocycles. The van der Waals surface area contributed by atoms with Gasteiger partial charge in [0, 0.05) is 12.0 Å². The van der Waals surface area contributed by atoms with E-state index in [1.54, 1.807) is 30.3 Å². The van der Waals surface area contributed by atoms with Gasteiger partial charge in [-0.15, -0.1) is 0 Å². The van der Waals surface area contributed by atoms with Gasteiger partial charge in [0.05, 0.1) is 11.1 Å². The second kappa shape index (κ2) is 5.94. The van der Waals surface area contributed by atoms with E-state index in [-0.39, 0.29) is 32.8 Å². The zero-order valence-electron chi connectivity index (χ0n) is 14.0. The molecule has 25 heavy (non-hydrogen) atoms. The number of benzene rings is 1. The third-order valence-corrected chi connectivity index (χ3v) is 4.81. The molecule has 3 rings (SSSR count). The van der Waals surface area contributed by atoms with Crippen LogP contribution in [0.4, 0.5) is 5.82 Å². The number of nitrogens with zero attached hydrogens (tertiary/aromatic N) is 2. The number of hydrogen-bond donors (Lipinski definition) is 1. The summed E-state index contributed by atoms with van der Waals surface area (Å²) >= 11 is 5.43. The number of fused-ring (bicyclic) bond motifs is 1. The van der Waals surface area contributed by atoms with Crippen LogP contribution in [0.3, 0.4) is 0 Å². The van der Waals surface area contributed by atoms with Crippen molar-refractivity contribution in [1.82, 2.24) is 4.57 Å². The monoisotopic (exact) mass is 351 g/mol. The standard InChI is InChI=1S/C19H17N3O2S/c1-19(2)8-12-13(10-20)16(21)22(18(25)15(12)14(23)9-19)17(24)11-6-4-3-5-7-11/h3-7H,8-9,21H2,1-2H3. The number of hydrogen-bond acceptors (Lipinski definition) is 5. The van der Waals surface area contributed by atoms with E-state index in [0.29, 0.717) is 24.0 Å². The van der Waals surface area contributed by atoms with Crippen LogP contribution < -0.4 is 5.73 Å². The van der Waals surface area contributed by atoms with E-state index in [4.69, 9.17) is 18.0 Å². The van der Waals surface area contributed by atoms with Gasteiger partial charge in [0.2, 0.25) is 0 Å². The van der Waals surface area contributed by atoms with Gasteiger partial charge in [-0.1, -0.05) is 44.3 Å². The number of pyridine rings is 1. The molecule has 0 radical (unpaired) electrons. The Labute approximate surface area is 150 Å². The van der Waals surface area contributed by atoms with Crippen molar-refractivity contribution in [3.05, 3.63) is 57.2 Å². The van der Waals surface area contributed by atoms with Crippen molar-refractivity contribution < 1.29 is 9.59 Å². The Morgan fingerprint density at radius 2 is 1.92 bits per heavy atom. The minimum Gasteiger partial charge on any atom is -0.384 e. The summed E-state index contributed by atoms with van der Waals surface area (Å²) in [6, 6.07) is 10.6. The number of Topliss-reactive ketones (excluding diaryl/α,β-unsaturated/α-hetero) is 1. The molecule has 5 nitrogen and oxygen atoms in total. The highest BCUT2D eigenvalue weighted by molar-refractivity contribution is 7.71. The Bertz CT molecular complexity index is 998. The molecule has 0 spiro atoms. The number of carbonyl (C=O) groups excluding carboxylic acids is 2. The fourth-order valence-electron chi connectivity index (χ4n) is 3.31. The van der Waals surface area contributed by atoms with Crippen molar-refractivity contribution >= 4 is 29.7 Å². The number of rotatable bonds is 1. The summed E-state index contributed by atoms with van der Waals surface area (Å²) in [6.07, 6.45) is 0.836. The van der Waals surface area contributed by atoms with E-state index in [9.17, 15) is 14.9 Å². The largest absolute Gasteiger partial charge is 0.384 e. The first kappa shape index (κ1) is 17.1. The average molecular weight is 351 g/mol. The molecule has 0 fully saturated rings. The topological polar surface area (TPSA) is 88.9 Å². The van der Waals surface area contributed by atoms with Gasteiger partial charge in [0.15, 0.2) is 5.78 Å². The molecule has 0 saturated heterocycles. The fourth-order valence-corrected chi connectivity index (χ4v) is 3.72. The molecule has 0 amide bonds. The molecule has 2 aromatic rings. The average Bonchev–Trinajstić information content (AvgIpc) is 2.54. The van der Waals surface area contributed by atoms with Gasteiger partial charge < -0.3 is 5.73 Å². The first-order chi connectivity index (χ1) is 11.8. The highest BCUT2D eigenvalue weighted by Gasteiger charge is 2.36. The third-order valence-electron chi connectivity index (χ3n) is 4.43. The van der Waals surface area contributed by atoms with Crippen LogP contribution in [0.25, 0.3) is 0 Å². The zero-order chi connectivity index (χ0) is 18.4. The minimum atomic E-state index is -0.444. The maximum atomic E-state index is 12.9. The van der Waals surface area contributed by atoms with Crippen molar-refractivity contribution in [3.8, 4) is 6.07 Å². The summed E-state index contributed by atoms with van der Waals surface area (Å²) in [5, 5.41) is 9.60. The van der Waals surface area contributed by atoms with E-state index in [2.05, 4.69) is 6.07 Å². The number of carbonyl (C=O) groups is 2. The second-order valence-electron chi connectivity index (χ2n) is 6.98. The van der Waals surface area contributed by atoms with E-state index in [0.717, 1.165) is 4.57 Å². The molecule has 0 bridgehead atoms. The van der Waals surface area contributed by atoms with Crippen molar-refractivity contribution in [2.45, 2.75) is 26.7 Å². The van der Waals surface area contributed by atoms with Gasteiger partial charge in [-0.2, -0.15) is 5.26 Å². The van der Waals surface area contributed by atoms with Crippen molar-refractivity contribution in [3.63, 3.8) is 0 Å². The molecule has 0 atom stereocenters. The molecule has 2 N–H and O–H groups in total. The molecule has 1 aromatic carbocycles. The molecule has 0 saturated carbocycles. The highest BCUT2D eigenvalue weighted by Crippen LogP contribution is 2.38. The van der Waals surface area contributed by atoms with Crippen LogP contribution >= 0.6 is 12.2 Å². The smallest absolute Gasteiger partial charge is 0.264 e. The fraction of sp³-hybridized carbons (Fsp3) is 0.263. The predicted molar refractivity (Wildman–Crippen MR) is 97.0 cm³/mol. The lowest BCUT2D eigenvalue weighted by atomic mass is 9.73. The molecule has 1 aliphatic rings. The maximum Gasteiger partial charge on any atom is 0.264 e.